The molecule has 1 fully saturated rings. The molecule has 0 unspecified atom stereocenters. The number of rotatable bonds is 2. The van der Waals surface area contributed by atoms with Crippen LogP contribution in [0.1, 0.15) is 24.0 Å². The Bertz CT molecular complexity index is 598. The van der Waals surface area contributed by atoms with E-state index >= 15 is 0 Å². The Balaban J connectivity index is 2.31. The summed E-state index contributed by atoms with van der Waals surface area (Å²) in [5, 5.41) is 11.9. The van der Waals surface area contributed by atoms with Crippen LogP contribution in [0.25, 0.3) is 0 Å². The van der Waals surface area contributed by atoms with Gasteiger partial charge in [0.1, 0.15) is 0 Å². The maximum absolute atomic E-state index is 12.6. The number of sulfonamides is 1. The Morgan fingerprint density at radius 2 is 1.84 bits per heavy atom. The lowest BCUT2D eigenvalue weighted by Crippen LogP contribution is -2.38. The van der Waals surface area contributed by atoms with Gasteiger partial charge in [-0.25, -0.2) is 8.42 Å². The SMILES string of the molecule is Cc1ccc(C)c(S(=O)(=O)N2CCC(=NO)CC2)c1. The maximum atomic E-state index is 12.6. The second kappa shape index (κ2) is 5.30. The summed E-state index contributed by atoms with van der Waals surface area (Å²) in [6.45, 7) is 4.42. The zero-order valence-corrected chi connectivity index (χ0v) is 11.9. The fourth-order valence-electron chi connectivity index (χ4n) is 2.21. The maximum Gasteiger partial charge on any atom is 0.243 e. The quantitative estimate of drug-likeness (QED) is 0.665. The molecule has 1 aromatic carbocycles. The molecular weight excluding hydrogens is 264 g/mol. The highest BCUT2D eigenvalue weighted by molar-refractivity contribution is 7.89. The molecule has 1 aliphatic heterocycles. The van der Waals surface area contributed by atoms with E-state index in [0.717, 1.165) is 11.1 Å². The Morgan fingerprint density at radius 1 is 1.21 bits per heavy atom. The zero-order valence-electron chi connectivity index (χ0n) is 11.1. The van der Waals surface area contributed by atoms with Crippen molar-refractivity contribution in [3.63, 3.8) is 0 Å². The lowest BCUT2D eigenvalue weighted by Gasteiger charge is -2.27. The summed E-state index contributed by atoms with van der Waals surface area (Å²) >= 11 is 0. The van der Waals surface area contributed by atoms with Crippen LogP contribution in [0.4, 0.5) is 0 Å². The molecule has 5 nitrogen and oxygen atoms in total. The predicted octanol–water partition coefficient (Wildman–Crippen LogP) is 1.92. The molecule has 19 heavy (non-hydrogen) atoms. The highest BCUT2D eigenvalue weighted by Crippen LogP contribution is 2.23. The van der Waals surface area contributed by atoms with Crippen LogP contribution in [0.2, 0.25) is 0 Å². The molecule has 1 aliphatic rings. The van der Waals surface area contributed by atoms with Gasteiger partial charge in [0, 0.05) is 25.9 Å². The molecule has 1 saturated heterocycles. The van der Waals surface area contributed by atoms with E-state index in [2.05, 4.69) is 5.16 Å². The van der Waals surface area contributed by atoms with E-state index in [1.54, 1.807) is 13.0 Å². The van der Waals surface area contributed by atoms with Crippen molar-refractivity contribution in [3.05, 3.63) is 29.3 Å². The number of benzene rings is 1. The van der Waals surface area contributed by atoms with Crippen LogP contribution >= 0.6 is 0 Å². The summed E-state index contributed by atoms with van der Waals surface area (Å²) in [4.78, 5) is 0.372. The third kappa shape index (κ3) is 2.79. The van der Waals surface area contributed by atoms with E-state index in [1.165, 1.54) is 4.31 Å². The average molecular weight is 282 g/mol. The second-order valence-corrected chi connectivity index (χ2v) is 6.75. The minimum Gasteiger partial charge on any atom is -0.411 e. The first kappa shape index (κ1) is 14.0. The van der Waals surface area contributed by atoms with Crippen LogP contribution in [0.15, 0.2) is 28.3 Å². The first-order chi connectivity index (χ1) is 8.95. The summed E-state index contributed by atoms with van der Waals surface area (Å²) in [5.41, 5.74) is 2.35. The first-order valence-electron chi connectivity index (χ1n) is 6.22. The van der Waals surface area contributed by atoms with Gasteiger partial charge in [-0.2, -0.15) is 4.31 Å². The third-order valence-corrected chi connectivity index (χ3v) is 5.44. The number of oxime groups is 1. The van der Waals surface area contributed by atoms with Gasteiger partial charge in [0.05, 0.1) is 10.6 Å². The Hall–Kier alpha value is -1.40. The molecule has 0 atom stereocenters. The van der Waals surface area contributed by atoms with E-state index in [4.69, 9.17) is 5.21 Å². The van der Waals surface area contributed by atoms with Crippen molar-refractivity contribution < 1.29 is 13.6 Å². The van der Waals surface area contributed by atoms with Crippen molar-refractivity contribution in [3.8, 4) is 0 Å². The molecule has 0 amide bonds. The number of nitrogens with zero attached hydrogens (tertiary/aromatic N) is 2. The highest BCUT2D eigenvalue weighted by Gasteiger charge is 2.29. The summed E-state index contributed by atoms with van der Waals surface area (Å²) in [6, 6.07) is 5.44. The average Bonchev–Trinajstić information content (AvgIpc) is 2.41. The minimum atomic E-state index is -3.45. The number of hydrogen-bond acceptors (Lipinski definition) is 4. The van der Waals surface area contributed by atoms with Crippen LogP contribution in [0.5, 0.6) is 0 Å². The molecule has 1 heterocycles. The van der Waals surface area contributed by atoms with Gasteiger partial charge in [-0.05, 0) is 31.0 Å². The Morgan fingerprint density at radius 3 is 2.42 bits per heavy atom. The van der Waals surface area contributed by atoms with Crippen LogP contribution < -0.4 is 0 Å². The molecule has 6 heteroatoms. The number of aryl methyl sites for hydroxylation is 2. The van der Waals surface area contributed by atoms with Gasteiger partial charge in [0.15, 0.2) is 0 Å². The minimum absolute atomic E-state index is 0.370. The normalized spacial score (nSPS) is 17.5. The smallest absolute Gasteiger partial charge is 0.243 e. The molecule has 0 aliphatic carbocycles. The molecule has 0 aromatic heterocycles. The van der Waals surface area contributed by atoms with Crippen molar-refractivity contribution in [1.82, 2.24) is 4.31 Å². The zero-order chi connectivity index (χ0) is 14.0. The largest absolute Gasteiger partial charge is 0.411 e. The van der Waals surface area contributed by atoms with Crippen molar-refractivity contribution >= 4 is 15.7 Å². The van der Waals surface area contributed by atoms with Gasteiger partial charge >= 0.3 is 0 Å². The fourth-order valence-corrected chi connectivity index (χ4v) is 3.96. The van der Waals surface area contributed by atoms with Gasteiger partial charge in [-0.1, -0.05) is 17.3 Å². The molecule has 1 N–H and O–H groups in total. The van der Waals surface area contributed by atoms with Crippen LogP contribution in [-0.4, -0.2) is 36.7 Å². The molecule has 0 bridgehead atoms. The van der Waals surface area contributed by atoms with Gasteiger partial charge in [-0.15, -0.1) is 0 Å². The van der Waals surface area contributed by atoms with Crippen LogP contribution in [0.3, 0.4) is 0 Å². The summed E-state index contributed by atoms with van der Waals surface area (Å²) in [6.07, 6.45) is 0.973. The van der Waals surface area contributed by atoms with Crippen LogP contribution in [-0.2, 0) is 10.0 Å². The molecular formula is C13H18N2O3S. The van der Waals surface area contributed by atoms with Crippen molar-refractivity contribution in [2.24, 2.45) is 5.16 Å². The molecule has 2 rings (SSSR count). The van der Waals surface area contributed by atoms with Gasteiger partial charge in [0.25, 0.3) is 0 Å². The highest BCUT2D eigenvalue weighted by atomic mass is 32.2. The number of hydrogen-bond donors (Lipinski definition) is 1. The first-order valence-corrected chi connectivity index (χ1v) is 7.66. The van der Waals surface area contributed by atoms with Gasteiger partial charge < -0.3 is 5.21 Å². The van der Waals surface area contributed by atoms with Gasteiger partial charge in [-0.3, -0.25) is 0 Å². The Kier molecular flexibility index (Phi) is 3.91. The predicted molar refractivity (Wildman–Crippen MR) is 73.1 cm³/mol. The van der Waals surface area contributed by atoms with E-state index in [-0.39, 0.29) is 0 Å². The monoisotopic (exact) mass is 282 g/mol. The second-order valence-electron chi connectivity index (χ2n) is 4.84. The van der Waals surface area contributed by atoms with Crippen LogP contribution in [0, 0.1) is 13.8 Å². The van der Waals surface area contributed by atoms with E-state index in [1.807, 2.05) is 19.1 Å². The van der Waals surface area contributed by atoms with Gasteiger partial charge in [0.2, 0.25) is 10.0 Å². The summed E-state index contributed by atoms with van der Waals surface area (Å²) < 4.78 is 26.6. The van der Waals surface area contributed by atoms with Crippen molar-refractivity contribution in [2.75, 3.05) is 13.1 Å². The Labute approximate surface area is 113 Å². The molecule has 0 saturated carbocycles. The van der Waals surface area contributed by atoms with E-state index < -0.39 is 10.0 Å². The van der Waals surface area contributed by atoms with E-state index in [0.29, 0.717) is 36.5 Å². The third-order valence-electron chi connectivity index (χ3n) is 3.40. The molecule has 0 radical (unpaired) electrons. The standard InChI is InChI=1S/C13H18N2O3S/c1-10-3-4-11(2)13(9-10)19(17,18)15-7-5-12(14-16)6-8-15/h3-4,9,16H,5-8H2,1-2H3. The van der Waals surface area contributed by atoms with Crippen molar-refractivity contribution in [2.45, 2.75) is 31.6 Å². The lowest BCUT2D eigenvalue weighted by molar-refractivity contribution is 0.309. The summed E-state index contributed by atoms with van der Waals surface area (Å²) in [5.74, 6) is 0. The molecule has 104 valence electrons. The van der Waals surface area contributed by atoms with Crippen molar-refractivity contribution in [1.29, 1.82) is 0 Å². The topological polar surface area (TPSA) is 70.0 Å². The van der Waals surface area contributed by atoms with E-state index in [9.17, 15) is 8.42 Å². The molecule has 0 spiro atoms. The number of piperidine rings is 1. The lowest BCUT2D eigenvalue weighted by atomic mass is 10.1. The molecule has 1 aromatic rings. The fraction of sp³-hybridized carbons (Fsp3) is 0.462. The summed E-state index contributed by atoms with van der Waals surface area (Å²) in [7, 11) is -3.45.